The van der Waals surface area contributed by atoms with E-state index in [0.29, 0.717) is 0 Å². The summed E-state index contributed by atoms with van der Waals surface area (Å²) in [5, 5.41) is 0.765. The molecule has 1 aromatic heterocycles. The summed E-state index contributed by atoms with van der Waals surface area (Å²) in [4.78, 5) is 8.06. The van der Waals surface area contributed by atoms with Gasteiger partial charge in [-0.2, -0.15) is 0 Å². The molecule has 70 valence electrons. The molecular weight excluding hydrogens is 196 g/mol. The van der Waals surface area contributed by atoms with Crippen molar-refractivity contribution in [3.05, 3.63) is 47.4 Å². The maximum atomic E-state index is 6.02. The van der Waals surface area contributed by atoms with Gasteiger partial charge in [0.15, 0.2) is 0 Å². The van der Waals surface area contributed by atoms with Crippen LogP contribution in [0.4, 0.5) is 0 Å². The molecule has 0 N–H and O–H groups in total. The predicted octanol–water partition coefficient (Wildman–Crippen LogP) is 3.11. The van der Waals surface area contributed by atoms with Crippen molar-refractivity contribution < 1.29 is 0 Å². The lowest BCUT2D eigenvalue weighted by Gasteiger charge is -2.05. The summed E-state index contributed by atoms with van der Waals surface area (Å²) in [6, 6.07) is 7.68. The van der Waals surface area contributed by atoms with Crippen LogP contribution >= 0.6 is 11.6 Å². The minimum Gasteiger partial charge on any atom is -0.245 e. The Labute approximate surface area is 87.6 Å². The maximum absolute atomic E-state index is 6.02. The second kappa shape index (κ2) is 3.76. The Hall–Kier alpha value is -1.41. The molecule has 2 nitrogen and oxygen atoms in total. The zero-order chi connectivity index (χ0) is 9.97. The Bertz CT molecular complexity index is 440. The van der Waals surface area contributed by atoms with E-state index in [1.54, 1.807) is 6.20 Å². The molecule has 0 atom stereocenters. The molecule has 1 aromatic carbocycles. The minimum atomic E-state index is 0.765. The van der Waals surface area contributed by atoms with Crippen molar-refractivity contribution in [2.75, 3.05) is 0 Å². The van der Waals surface area contributed by atoms with Gasteiger partial charge in [-0.15, -0.1) is 0 Å². The van der Waals surface area contributed by atoms with Crippen molar-refractivity contribution in [2.24, 2.45) is 0 Å². The third kappa shape index (κ3) is 1.61. The van der Waals surface area contributed by atoms with Gasteiger partial charge in [0.05, 0.1) is 5.69 Å². The minimum absolute atomic E-state index is 0.765. The van der Waals surface area contributed by atoms with E-state index in [4.69, 9.17) is 11.6 Å². The maximum Gasteiger partial charge on any atom is 0.116 e. The molecular formula is C11H9ClN2. The van der Waals surface area contributed by atoms with Crippen LogP contribution in [-0.2, 0) is 0 Å². The summed E-state index contributed by atoms with van der Waals surface area (Å²) in [7, 11) is 0. The lowest BCUT2D eigenvalue weighted by Crippen LogP contribution is -1.87. The van der Waals surface area contributed by atoms with E-state index >= 15 is 0 Å². The molecule has 2 rings (SSSR count). The number of aromatic nitrogens is 2. The van der Waals surface area contributed by atoms with Gasteiger partial charge in [0.1, 0.15) is 6.33 Å². The molecule has 1 heterocycles. The number of rotatable bonds is 1. The molecule has 0 aliphatic heterocycles. The molecule has 2 aromatic rings. The molecule has 0 radical (unpaired) electrons. The standard InChI is InChI=1S/C11H9ClN2/c1-8-9(3-2-4-10(8)12)11-5-6-13-7-14-11/h2-7H,1H3. The van der Waals surface area contributed by atoms with Gasteiger partial charge in [-0.25, -0.2) is 9.97 Å². The molecule has 0 spiro atoms. The van der Waals surface area contributed by atoms with E-state index in [-0.39, 0.29) is 0 Å². The van der Waals surface area contributed by atoms with Gasteiger partial charge < -0.3 is 0 Å². The van der Waals surface area contributed by atoms with Crippen molar-refractivity contribution >= 4 is 11.6 Å². The molecule has 0 unspecified atom stereocenters. The predicted molar refractivity (Wildman–Crippen MR) is 57.2 cm³/mol. The first-order valence-electron chi connectivity index (χ1n) is 4.30. The van der Waals surface area contributed by atoms with Gasteiger partial charge in [0.25, 0.3) is 0 Å². The van der Waals surface area contributed by atoms with Crippen LogP contribution in [-0.4, -0.2) is 9.97 Å². The van der Waals surface area contributed by atoms with Gasteiger partial charge in [-0.1, -0.05) is 23.7 Å². The Balaban J connectivity index is 2.58. The fraction of sp³-hybridized carbons (Fsp3) is 0.0909. The molecule has 3 heteroatoms. The molecule has 0 aliphatic carbocycles. The van der Waals surface area contributed by atoms with Crippen LogP contribution in [0.2, 0.25) is 5.02 Å². The van der Waals surface area contributed by atoms with Crippen molar-refractivity contribution in [1.82, 2.24) is 9.97 Å². The molecule has 0 bridgehead atoms. The number of nitrogens with zero attached hydrogens (tertiary/aromatic N) is 2. The highest BCUT2D eigenvalue weighted by molar-refractivity contribution is 6.31. The van der Waals surface area contributed by atoms with Crippen LogP contribution < -0.4 is 0 Å². The fourth-order valence-electron chi connectivity index (χ4n) is 1.33. The zero-order valence-electron chi connectivity index (χ0n) is 7.74. The van der Waals surface area contributed by atoms with Crippen LogP contribution in [0.5, 0.6) is 0 Å². The van der Waals surface area contributed by atoms with Crippen molar-refractivity contribution in [3.63, 3.8) is 0 Å². The van der Waals surface area contributed by atoms with Gasteiger partial charge in [0, 0.05) is 16.8 Å². The Kier molecular flexibility index (Phi) is 2.46. The molecule has 0 amide bonds. The smallest absolute Gasteiger partial charge is 0.116 e. The first-order chi connectivity index (χ1) is 6.79. The van der Waals surface area contributed by atoms with Gasteiger partial charge in [-0.3, -0.25) is 0 Å². The Morgan fingerprint density at radius 1 is 1.21 bits per heavy atom. The van der Waals surface area contributed by atoms with Gasteiger partial charge in [0.2, 0.25) is 0 Å². The third-order valence-electron chi connectivity index (χ3n) is 2.13. The summed E-state index contributed by atoms with van der Waals surface area (Å²) in [6.07, 6.45) is 3.26. The number of hydrogen-bond acceptors (Lipinski definition) is 2. The SMILES string of the molecule is Cc1c(Cl)cccc1-c1ccncn1. The normalized spacial score (nSPS) is 10.1. The molecule has 14 heavy (non-hydrogen) atoms. The first-order valence-corrected chi connectivity index (χ1v) is 4.68. The first kappa shape index (κ1) is 9.16. The quantitative estimate of drug-likeness (QED) is 0.714. The highest BCUT2D eigenvalue weighted by Gasteiger charge is 2.04. The van der Waals surface area contributed by atoms with E-state index < -0.39 is 0 Å². The lowest BCUT2D eigenvalue weighted by atomic mass is 10.1. The van der Waals surface area contributed by atoms with Gasteiger partial charge in [-0.05, 0) is 24.6 Å². The van der Waals surface area contributed by atoms with Crippen molar-refractivity contribution in [2.45, 2.75) is 6.92 Å². The third-order valence-corrected chi connectivity index (χ3v) is 2.54. The fourth-order valence-corrected chi connectivity index (χ4v) is 1.51. The molecule has 0 aliphatic rings. The van der Waals surface area contributed by atoms with Gasteiger partial charge >= 0.3 is 0 Å². The summed E-state index contributed by atoms with van der Waals surface area (Å²) < 4.78 is 0. The highest BCUT2D eigenvalue weighted by atomic mass is 35.5. The number of halogens is 1. The average Bonchev–Trinajstić information content (AvgIpc) is 2.23. The monoisotopic (exact) mass is 204 g/mol. The van der Waals surface area contributed by atoms with Crippen LogP contribution in [0.1, 0.15) is 5.56 Å². The number of hydrogen-bond donors (Lipinski definition) is 0. The summed E-state index contributed by atoms with van der Waals surface area (Å²) in [5.41, 5.74) is 3.01. The van der Waals surface area contributed by atoms with Crippen molar-refractivity contribution in [1.29, 1.82) is 0 Å². The topological polar surface area (TPSA) is 25.8 Å². The van der Waals surface area contributed by atoms with Crippen molar-refractivity contribution in [3.8, 4) is 11.3 Å². The summed E-state index contributed by atoms with van der Waals surface area (Å²) in [6.45, 7) is 1.99. The molecule has 0 saturated carbocycles. The lowest BCUT2D eigenvalue weighted by molar-refractivity contribution is 1.17. The van der Waals surface area contributed by atoms with E-state index in [9.17, 15) is 0 Å². The highest BCUT2D eigenvalue weighted by Crippen LogP contribution is 2.26. The van der Waals surface area contributed by atoms with E-state index in [1.807, 2.05) is 31.2 Å². The Morgan fingerprint density at radius 2 is 2.07 bits per heavy atom. The second-order valence-corrected chi connectivity index (χ2v) is 3.41. The Morgan fingerprint density at radius 3 is 2.79 bits per heavy atom. The van der Waals surface area contributed by atoms with E-state index in [2.05, 4.69) is 9.97 Å². The molecule has 0 fully saturated rings. The molecule has 0 saturated heterocycles. The summed E-state index contributed by atoms with van der Waals surface area (Å²) in [5.74, 6) is 0. The van der Waals surface area contributed by atoms with Crippen LogP contribution in [0.25, 0.3) is 11.3 Å². The zero-order valence-corrected chi connectivity index (χ0v) is 8.49. The van der Waals surface area contributed by atoms with E-state index in [1.165, 1.54) is 6.33 Å². The summed E-state index contributed by atoms with van der Waals surface area (Å²) >= 11 is 6.02. The van der Waals surface area contributed by atoms with Crippen LogP contribution in [0.3, 0.4) is 0 Å². The van der Waals surface area contributed by atoms with Crippen LogP contribution in [0, 0.1) is 6.92 Å². The largest absolute Gasteiger partial charge is 0.245 e. The van der Waals surface area contributed by atoms with E-state index in [0.717, 1.165) is 21.8 Å². The van der Waals surface area contributed by atoms with Crippen LogP contribution in [0.15, 0.2) is 36.8 Å². The second-order valence-electron chi connectivity index (χ2n) is 3.01. The number of benzene rings is 1. The average molecular weight is 205 g/mol.